The monoisotopic (exact) mass is 489 g/mol. The number of aromatic amines is 1. The second-order valence-electron chi connectivity index (χ2n) is 10.6. The van der Waals surface area contributed by atoms with E-state index < -0.39 is 0 Å². The van der Waals surface area contributed by atoms with Gasteiger partial charge in [0.1, 0.15) is 18.2 Å². The number of H-pyrrole nitrogens is 1. The van der Waals surface area contributed by atoms with Gasteiger partial charge in [-0.05, 0) is 54.8 Å². The maximum absolute atomic E-state index is 6.00. The van der Waals surface area contributed by atoms with Crippen molar-refractivity contribution in [3.05, 3.63) is 53.9 Å². The van der Waals surface area contributed by atoms with Crippen molar-refractivity contribution in [2.24, 2.45) is 5.92 Å². The fraction of sp³-hybridized carbons (Fsp3) is 0.567. The molecule has 0 atom stereocenters. The summed E-state index contributed by atoms with van der Waals surface area (Å²) in [6.07, 6.45) is 9.37. The van der Waals surface area contributed by atoms with Crippen molar-refractivity contribution in [3.63, 3.8) is 0 Å². The van der Waals surface area contributed by atoms with Crippen LogP contribution < -0.4 is 10.1 Å². The van der Waals surface area contributed by atoms with Gasteiger partial charge < -0.3 is 19.9 Å². The number of hydrogen-bond donors (Lipinski definition) is 2. The molecule has 1 aliphatic carbocycles. The van der Waals surface area contributed by atoms with Gasteiger partial charge in [0.2, 0.25) is 0 Å². The van der Waals surface area contributed by atoms with E-state index in [0.29, 0.717) is 0 Å². The molecule has 2 aliphatic rings. The lowest BCUT2D eigenvalue weighted by Gasteiger charge is -2.33. The van der Waals surface area contributed by atoms with Crippen LogP contribution in [0.5, 0.6) is 5.75 Å². The van der Waals surface area contributed by atoms with Crippen LogP contribution in [0.3, 0.4) is 0 Å². The first-order valence-corrected chi connectivity index (χ1v) is 14.1. The first-order chi connectivity index (χ1) is 17.7. The smallest absolute Gasteiger partial charge is 0.119 e. The summed E-state index contributed by atoms with van der Waals surface area (Å²) in [7, 11) is 0. The van der Waals surface area contributed by atoms with Gasteiger partial charge in [0.25, 0.3) is 0 Å². The van der Waals surface area contributed by atoms with Crippen LogP contribution in [0.2, 0.25) is 0 Å². The summed E-state index contributed by atoms with van der Waals surface area (Å²) in [6.45, 7) is 10.6. The van der Waals surface area contributed by atoms with E-state index in [2.05, 4.69) is 69.5 Å². The first kappa shape index (κ1) is 25.1. The molecular formula is C30H43N5O. The summed E-state index contributed by atoms with van der Waals surface area (Å²) >= 11 is 0. The molecule has 1 aromatic heterocycles. The molecule has 6 nitrogen and oxygen atoms in total. The Morgan fingerprint density at radius 2 is 1.75 bits per heavy atom. The lowest BCUT2D eigenvalue weighted by molar-refractivity contribution is 0.121. The standard InChI is InChI=1S/C30H43N5O/c1-2-34-16-18-35(19-17-34)20-21-36-27-12-8-25(9-13-27)23-31-26-11-14-28-29(22-26)33-30(32-28)15-10-24-6-4-3-5-7-24/h8-9,11-14,22,24,31H,2-7,10,15-21,23H2,1H3,(H,32,33). The van der Waals surface area contributed by atoms with E-state index in [4.69, 9.17) is 9.72 Å². The van der Waals surface area contributed by atoms with Gasteiger partial charge in [-0.1, -0.05) is 51.2 Å². The van der Waals surface area contributed by atoms with E-state index >= 15 is 0 Å². The second-order valence-corrected chi connectivity index (χ2v) is 10.6. The Labute approximate surface area is 216 Å². The predicted molar refractivity (Wildman–Crippen MR) is 149 cm³/mol. The fourth-order valence-electron chi connectivity index (χ4n) is 5.64. The molecule has 5 rings (SSSR count). The van der Waals surface area contributed by atoms with Gasteiger partial charge in [-0.25, -0.2) is 4.98 Å². The highest BCUT2D eigenvalue weighted by Crippen LogP contribution is 2.27. The van der Waals surface area contributed by atoms with Crippen LogP contribution >= 0.6 is 0 Å². The number of rotatable bonds is 11. The molecule has 1 saturated heterocycles. The topological polar surface area (TPSA) is 56.4 Å². The Morgan fingerprint density at radius 3 is 2.53 bits per heavy atom. The lowest BCUT2D eigenvalue weighted by atomic mass is 9.86. The molecule has 194 valence electrons. The van der Waals surface area contributed by atoms with Crippen molar-refractivity contribution >= 4 is 16.7 Å². The Balaban J connectivity index is 1.05. The van der Waals surface area contributed by atoms with Crippen molar-refractivity contribution in [2.75, 3.05) is 51.2 Å². The zero-order valence-electron chi connectivity index (χ0n) is 22.0. The fourth-order valence-corrected chi connectivity index (χ4v) is 5.64. The highest BCUT2D eigenvalue weighted by molar-refractivity contribution is 5.79. The lowest BCUT2D eigenvalue weighted by Crippen LogP contribution is -2.47. The quantitative estimate of drug-likeness (QED) is 0.362. The minimum absolute atomic E-state index is 0.747. The van der Waals surface area contributed by atoms with Crippen molar-refractivity contribution in [2.45, 2.75) is 58.4 Å². The Kier molecular flexibility index (Phi) is 8.78. The van der Waals surface area contributed by atoms with E-state index in [1.54, 1.807) is 0 Å². The number of anilines is 1. The molecule has 2 heterocycles. The Bertz CT molecular complexity index is 1060. The molecule has 0 bridgehead atoms. The molecular weight excluding hydrogens is 446 g/mol. The zero-order valence-corrected chi connectivity index (χ0v) is 22.0. The normalized spacial score (nSPS) is 18.0. The Morgan fingerprint density at radius 1 is 0.972 bits per heavy atom. The van der Waals surface area contributed by atoms with Crippen LogP contribution in [0.1, 0.15) is 56.8 Å². The minimum atomic E-state index is 0.747. The van der Waals surface area contributed by atoms with Crippen LogP contribution in [0.4, 0.5) is 5.69 Å². The highest BCUT2D eigenvalue weighted by Gasteiger charge is 2.15. The molecule has 2 fully saturated rings. The number of fused-ring (bicyclic) bond motifs is 1. The molecule has 2 aromatic carbocycles. The largest absolute Gasteiger partial charge is 0.492 e. The van der Waals surface area contributed by atoms with E-state index in [0.717, 1.165) is 80.0 Å². The molecule has 0 radical (unpaired) electrons. The average Bonchev–Trinajstić information content (AvgIpc) is 3.35. The van der Waals surface area contributed by atoms with Crippen LogP contribution in [0, 0.1) is 5.92 Å². The van der Waals surface area contributed by atoms with Crippen LogP contribution in [-0.2, 0) is 13.0 Å². The van der Waals surface area contributed by atoms with Crippen LogP contribution in [-0.4, -0.2) is 65.6 Å². The van der Waals surface area contributed by atoms with E-state index in [1.807, 2.05) is 0 Å². The van der Waals surface area contributed by atoms with E-state index in [-0.39, 0.29) is 0 Å². The van der Waals surface area contributed by atoms with Gasteiger partial charge in [-0.3, -0.25) is 4.90 Å². The summed E-state index contributed by atoms with van der Waals surface area (Å²) in [6, 6.07) is 14.9. The maximum atomic E-state index is 6.00. The summed E-state index contributed by atoms with van der Waals surface area (Å²) in [4.78, 5) is 13.4. The number of piperazine rings is 1. The number of ether oxygens (including phenoxy) is 1. The second kappa shape index (κ2) is 12.6. The third-order valence-electron chi connectivity index (χ3n) is 8.05. The number of nitrogens with one attached hydrogen (secondary N) is 2. The third-order valence-corrected chi connectivity index (χ3v) is 8.05. The molecule has 2 N–H and O–H groups in total. The van der Waals surface area contributed by atoms with Gasteiger partial charge in [-0.15, -0.1) is 0 Å². The predicted octanol–water partition coefficient (Wildman–Crippen LogP) is 5.70. The van der Waals surface area contributed by atoms with Crippen molar-refractivity contribution in [1.82, 2.24) is 19.8 Å². The van der Waals surface area contributed by atoms with E-state index in [1.165, 1.54) is 57.2 Å². The number of benzene rings is 2. The molecule has 0 spiro atoms. The molecule has 1 saturated carbocycles. The summed E-state index contributed by atoms with van der Waals surface area (Å²) < 4.78 is 6.00. The summed E-state index contributed by atoms with van der Waals surface area (Å²) in [5.74, 6) is 2.97. The van der Waals surface area contributed by atoms with Crippen molar-refractivity contribution < 1.29 is 4.74 Å². The number of hydrogen-bond acceptors (Lipinski definition) is 5. The van der Waals surface area contributed by atoms with Gasteiger partial charge in [-0.2, -0.15) is 0 Å². The molecule has 0 amide bonds. The Hall–Kier alpha value is -2.57. The molecule has 36 heavy (non-hydrogen) atoms. The molecule has 3 aromatic rings. The van der Waals surface area contributed by atoms with Crippen LogP contribution in [0.15, 0.2) is 42.5 Å². The third kappa shape index (κ3) is 7.01. The highest BCUT2D eigenvalue weighted by atomic mass is 16.5. The van der Waals surface area contributed by atoms with Crippen LogP contribution in [0.25, 0.3) is 11.0 Å². The van der Waals surface area contributed by atoms with Crippen molar-refractivity contribution in [3.8, 4) is 5.75 Å². The number of likely N-dealkylation sites (N-methyl/N-ethyl adjacent to an activating group) is 1. The number of nitrogens with zero attached hydrogens (tertiary/aromatic N) is 3. The van der Waals surface area contributed by atoms with Gasteiger partial charge >= 0.3 is 0 Å². The summed E-state index contributed by atoms with van der Waals surface area (Å²) in [5.41, 5.74) is 4.55. The van der Waals surface area contributed by atoms with Gasteiger partial charge in [0.15, 0.2) is 0 Å². The minimum Gasteiger partial charge on any atom is -0.492 e. The van der Waals surface area contributed by atoms with E-state index in [9.17, 15) is 0 Å². The van der Waals surface area contributed by atoms with Crippen molar-refractivity contribution in [1.29, 1.82) is 0 Å². The average molecular weight is 490 g/mol. The molecule has 6 heteroatoms. The molecule has 1 aliphatic heterocycles. The summed E-state index contributed by atoms with van der Waals surface area (Å²) in [5, 5.41) is 3.56. The SMILES string of the molecule is CCN1CCN(CCOc2ccc(CNc3ccc4nc(CCC5CCCCC5)[nH]c4c3)cc2)CC1. The van der Waals surface area contributed by atoms with Gasteiger partial charge in [0.05, 0.1) is 11.0 Å². The van der Waals surface area contributed by atoms with Gasteiger partial charge in [0, 0.05) is 51.4 Å². The maximum Gasteiger partial charge on any atom is 0.119 e. The molecule has 0 unspecified atom stereocenters. The number of aryl methyl sites for hydroxylation is 1. The number of imidazole rings is 1. The number of aromatic nitrogens is 2. The zero-order chi connectivity index (χ0) is 24.6. The first-order valence-electron chi connectivity index (χ1n) is 14.1.